The molecule has 2 aromatic rings. The van der Waals surface area contributed by atoms with E-state index in [0.717, 1.165) is 23.6 Å². The third-order valence-electron chi connectivity index (χ3n) is 3.56. The lowest BCUT2D eigenvalue weighted by molar-refractivity contribution is 0.485. The monoisotopic (exact) mass is 305 g/mol. The maximum absolute atomic E-state index is 12.4. The van der Waals surface area contributed by atoms with Gasteiger partial charge in [-0.2, -0.15) is 0 Å². The molecule has 0 saturated carbocycles. The van der Waals surface area contributed by atoms with Crippen LogP contribution in [0.25, 0.3) is 10.8 Å². The summed E-state index contributed by atoms with van der Waals surface area (Å²) in [4.78, 5) is 0.331. The van der Waals surface area contributed by atoms with Crippen molar-refractivity contribution >= 4 is 20.8 Å². The van der Waals surface area contributed by atoms with Crippen LogP contribution >= 0.6 is 0 Å². The second-order valence-electron chi connectivity index (χ2n) is 6.00. The maximum atomic E-state index is 12.4. The molecule has 0 saturated heterocycles. The van der Waals surface area contributed by atoms with E-state index >= 15 is 0 Å². The molecule has 3 nitrogen and oxygen atoms in total. The Morgan fingerprint density at radius 1 is 0.952 bits per heavy atom. The zero-order valence-corrected chi connectivity index (χ0v) is 13.7. The lowest BCUT2D eigenvalue weighted by Crippen LogP contribution is -2.32. The van der Waals surface area contributed by atoms with Crippen molar-refractivity contribution in [2.75, 3.05) is 0 Å². The largest absolute Gasteiger partial charge is 0.240 e. The Morgan fingerprint density at radius 3 is 2.29 bits per heavy atom. The third-order valence-corrected chi connectivity index (χ3v) is 5.15. The minimum absolute atomic E-state index is 0.0520. The van der Waals surface area contributed by atoms with Crippen molar-refractivity contribution in [3.8, 4) is 0 Å². The van der Waals surface area contributed by atoms with Crippen LogP contribution in [0, 0.1) is 5.92 Å². The molecule has 0 radical (unpaired) electrons. The van der Waals surface area contributed by atoms with Crippen molar-refractivity contribution in [2.24, 2.45) is 5.92 Å². The summed E-state index contributed by atoms with van der Waals surface area (Å²) in [5.41, 5.74) is 0. The van der Waals surface area contributed by atoms with Gasteiger partial charge in [0.25, 0.3) is 0 Å². The number of sulfonamides is 1. The zero-order valence-electron chi connectivity index (χ0n) is 12.8. The Bertz CT molecular complexity index is 708. The summed E-state index contributed by atoms with van der Waals surface area (Å²) >= 11 is 0. The Balaban J connectivity index is 2.17. The molecule has 0 spiro atoms. The number of hydrogen-bond acceptors (Lipinski definition) is 2. The number of benzene rings is 2. The first kappa shape index (κ1) is 16.0. The van der Waals surface area contributed by atoms with Crippen LogP contribution in [0.2, 0.25) is 0 Å². The van der Waals surface area contributed by atoms with Gasteiger partial charge < -0.3 is 0 Å². The average Bonchev–Trinajstić information content (AvgIpc) is 2.44. The Kier molecular flexibility index (Phi) is 5.01. The highest BCUT2D eigenvalue weighted by molar-refractivity contribution is 7.89. The lowest BCUT2D eigenvalue weighted by atomic mass is 10.1. The summed E-state index contributed by atoms with van der Waals surface area (Å²) in [6.07, 6.45) is 1.87. The topological polar surface area (TPSA) is 46.2 Å². The first-order chi connectivity index (χ1) is 9.88. The van der Waals surface area contributed by atoms with Gasteiger partial charge in [0, 0.05) is 6.04 Å². The molecule has 0 aliphatic carbocycles. The summed E-state index contributed by atoms with van der Waals surface area (Å²) in [7, 11) is -3.45. The summed E-state index contributed by atoms with van der Waals surface area (Å²) < 4.78 is 27.6. The van der Waals surface area contributed by atoms with E-state index in [4.69, 9.17) is 0 Å². The molecule has 4 heteroatoms. The fourth-order valence-corrected chi connectivity index (χ4v) is 3.62. The van der Waals surface area contributed by atoms with Gasteiger partial charge in [-0.25, -0.2) is 13.1 Å². The SMILES string of the molecule is CC(C)CCC(C)NS(=O)(=O)c1ccc2ccccc2c1. The highest BCUT2D eigenvalue weighted by Gasteiger charge is 2.17. The van der Waals surface area contributed by atoms with Crippen molar-refractivity contribution in [1.82, 2.24) is 4.72 Å². The molecule has 0 aromatic heterocycles. The van der Waals surface area contributed by atoms with Gasteiger partial charge in [0.1, 0.15) is 0 Å². The van der Waals surface area contributed by atoms with Gasteiger partial charge in [-0.1, -0.05) is 44.2 Å². The fourth-order valence-electron chi connectivity index (χ4n) is 2.31. The van der Waals surface area contributed by atoms with E-state index < -0.39 is 10.0 Å². The second kappa shape index (κ2) is 6.58. The van der Waals surface area contributed by atoms with Crippen LogP contribution in [0.4, 0.5) is 0 Å². The van der Waals surface area contributed by atoms with Gasteiger partial charge in [0.05, 0.1) is 4.90 Å². The molecule has 2 rings (SSSR count). The minimum atomic E-state index is -3.45. The van der Waals surface area contributed by atoms with Crippen LogP contribution in [-0.2, 0) is 10.0 Å². The highest BCUT2D eigenvalue weighted by atomic mass is 32.2. The molecular formula is C17H23NO2S. The van der Waals surface area contributed by atoms with E-state index in [1.165, 1.54) is 0 Å². The molecule has 0 aliphatic heterocycles. The maximum Gasteiger partial charge on any atom is 0.240 e. The van der Waals surface area contributed by atoms with Crippen LogP contribution in [0.5, 0.6) is 0 Å². The van der Waals surface area contributed by atoms with Gasteiger partial charge in [-0.3, -0.25) is 0 Å². The summed E-state index contributed by atoms with van der Waals surface area (Å²) in [6, 6.07) is 13.0. The fraction of sp³-hybridized carbons (Fsp3) is 0.412. The van der Waals surface area contributed by atoms with Gasteiger partial charge in [-0.15, -0.1) is 0 Å². The predicted molar refractivity (Wildman–Crippen MR) is 87.8 cm³/mol. The normalized spacial score (nSPS) is 13.7. The Labute approximate surface area is 127 Å². The average molecular weight is 305 g/mol. The van der Waals surface area contributed by atoms with Gasteiger partial charge in [0.15, 0.2) is 0 Å². The number of rotatable bonds is 6. The van der Waals surface area contributed by atoms with E-state index in [2.05, 4.69) is 18.6 Å². The molecule has 0 amide bonds. The zero-order chi connectivity index (χ0) is 15.5. The first-order valence-corrected chi connectivity index (χ1v) is 8.88. The molecule has 0 aliphatic rings. The van der Waals surface area contributed by atoms with Crippen LogP contribution < -0.4 is 4.72 Å². The van der Waals surface area contributed by atoms with E-state index in [9.17, 15) is 8.42 Å². The molecular weight excluding hydrogens is 282 g/mol. The number of nitrogens with one attached hydrogen (secondary N) is 1. The Morgan fingerprint density at radius 2 is 1.62 bits per heavy atom. The molecule has 0 bridgehead atoms. The van der Waals surface area contributed by atoms with Crippen molar-refractivity contribution in [3.05, 3.63) is 42.5 Å². The molecule has 1 unspecified atom stereocenters. The smallest absolute Gasteiger partial charge is 0.208 e. The highest BCUT2D eigenvalue weighted by Crippen LogP contribution is 2.19. The van der Waals surface area contributed by atoms with Crippen molar-refractivity contribution in [1.29, 1.82) is 0 Å². The van der Waals surface area contributed by atoms with Crippen LogP contribution in [0.1, 0.15) is 33.6 Å². The van der Waals surface area contributed by atoms with Crippen LogP contribution in [-0.4, -0.2) is 14.5 Å². The summed E-state index contributed by atoms with van der Waals surface area (Å²) in [5, 5.41) is 1.99. The second-order valence-corrected chi connectivity index (χ2v) is 7.72. The third kappa shape index (κ3) is 4.29. The first-order valence-electron chi connectivity index (χ1n) is 7.39. The molecule has 114 valence electrons. The van der Waals surface area contributed by atoms with Crippen LogP contribution in [0.3, 0.4) is 0 Å². The minimum Gasteiger partial charge on any atom is -0.208 e. The van der Waals surface area contributed by atoms with E-state index in [-0.39, 0.29) is 6.04 Å². The van der Waals surface area contributed by atoms with Gasteiger partial charge >= 0.3 is 0 Å². The standard InChI is InChI=1S/C17H23NO2S/c1-13(2)8-9-14(3)18-21(19,20)17-11-10-15-6-4-5-7-16(15)12-17/h4-7,10-14,18H,8-9H2,1-3H3. The molecule has 1 N–H and O–H groups in total. The van der Waals surface area contributed by atoms with Gasteiger partial charge in [-0.05, 0) is 48.6 Å². The molecule has 2 aromatic carbocycles. The van der Waals surface area contributed by atoms with E-state index in [1.54, 1.807) is 12.1 Å². The van der Waals surface area contributed by atoms with Gasteiger partial charge in [0.2, 0.25) is 10.0 Å². The number of hydrogen-bond donors (Lipinski definition) is 1. The summed E-state index contributed by atoms with van der Waals surface area (Å²) in [5.74, 6) is 0.581. The molecule has 0 fully saturated rings. The quantitative estimate of drug-likeness (QED) is 0.878. The van der Waals surface area contributed by atoms with E-state index in [1.807, 2.05) is 37.3 Å². The van der Waals surface area contributed by atoms with Crippen molar-refractivity contribution < 1.29 is 8.42 Å². The van der Waals surface area contributed by atoms with Crippen molar-refractivity contribution in [2.45, 2.75) is 44.6 Å². The predicted octanol–water partition coefficient (Wildman–Crippen LogP) is 3.94. The van der Waals surface area contributed by atoms with Crippen LogP contribution in [0.15, 0.2) is 47.4 Å². The molecule has 1 atom stereocenters. The van der Waals surface area contributed by atoms with E-state index in [0.29, 0.717) is 10.8 Å². The Hall–Kier alpha value is -1.39. The number of fused-ring (bicyclic) bond motifs is 1. The van der Waals surface area contributed by atoms with Crippen molar-refractivity contribution in [3.63, 3.8) is 0 Å². The molecule has 0 heterocycles. The summed E-state index contributed by atoms with van der Waals surface area (Å²) in [6.45, 7) is 6.20. The lowest BCUT2D eigenvalue weighted by Gasteiger charge is -2.15. The molecule has 21 heavy (non-hydrogen) atoms.